The van der Waals surface area contributed by atoms with Crippen molar-refractivity contribution < 1.29 is 13.9 Å². The molecule has 0 radical (unpaired) electrons. The van der Waals surface area contributed by atoms with Gasteiger partial charge in [0.25, 0.3) is 0 Å². The standard InChI is InChI=1S/C15H21FN2O2/c1-11-3-6-13(16)14(9-11)18-15(19)17-7-2-8-20-10-12-4-5-12/h3,6,9,12H,2,4-5,7-8,10H2,1H3,(H2,17,18,19). The molecule has 1 aromatic carbocycles. The van der Waals surface area contributed by atoms with Crippen LogP contribution in [0.15, 0.2) is 18.2 Å². The zero-order chi connectivity index (χ0) is 14.4. The van der Waals surface area contributed by atoms with Crippen molar-refractivity contribution in [3.8, 4) is 0 Å². The Morgan fingerprint density at radius 1 is 1.45 bits per heavy atom. The molecule has 2 amide bonds. The lowest BCUT2D eigenvalue weighted by Gasteiger charge is -2.09. The molecule has 0 aromatic heterocycles. The van der Waals surface area contributed by atoms with Crippen LogP contribution in [0, 0.1) is 18.7 Å². The van der Waals surface area contributed by atoms with Gasteiger partial charge in [-0.3, -0.25) is 0 Å². The monoisotopic (exact) mass is 280 g/mol. The van der Waals surface area contributed by atoms with Crippen LogP contribution >= 0.6 is 0 Å². The molecule has 1 fully saturated rings. The first-order valence-electron chi connectivity index (χ1n) is 7.04. The molecular formula is C15H21FN2O2. The minimum absolute atomic E-state index is 0.201. The van der Waals surface area contributed by atoms with Crippen LogP contribution in [0.4, 0.5) is 14.9 Å². The summed E-state index contributed by atoms with van der Waals surface area (Å²) in [7, 11) is 0. The Balaban J connectivity index is 1.60. The van der Waals surface area contributed by atoms with Crippen LogP contribution in [0.3, 0.4) is 0 Å². The molecule has 5 heteroatoms. The lowest BCUT2D eigenvalue weighted by atomic mass is 10.2. The first kappa shape index (κ1) is 14.8. The molecule has 1 aromatic rings. The fourth-order valence-corrected chi connectivity index (χ4v) is 1.81. The third kappa shape index (κ3) is 5.17. The molecule has 2 N–H and O–H groups in total. The van der Waals surface area contributed by atoms with E-state index in [2.05, 4.69) is 10.6 Å². The van der Waals surface area contributed by atoms with E-state index in [0.717, 1.165) is 24.5 Å². The number of rotatable bonds is 7. The fourth-order valence-electron chi connectivity index (χ4n) is 1.81. The van der Waals surface area contributed by atoms with Crippen LogP contribution in [0.5, 0.6) is 0 Å². The summed E-state index contributed by atoms with van der Waals surface area (Å²) in [5.74, 6) is 0.328. The number of anilines is 1. The predicted molar refractivity (Wildman–Crippen MR) is 76.3 cm³/mol. The van der Waals surface area contributed by atoms with Gasteiger partial charge in [0, 0.05) is 19.8 Å². The molecule has 0 saturated heterocycles. The summed E-state index contributed by atoms with van der Waals surface area (Å²) in [4.78, 5) is 11.6. The molecular weight excluding hydrogens is 259 g/mol. The molecule has 1 aliphatic carbocycles. The zero-order valence-electron chi connectivity index (χ0n) is 11.7. The maximum Gasteiger partial charge on any atom is 0.319 e. The Labute approximate surface area is 118 Å². The maximum absolute atomic E-state index is 13.4. The number of carbonyl (C=O) groups excluding carboxylic acids is 1. The van der Waals surface area contributed by atoms with E-state index in [1.165, 1.54) is 18.9 Å². The van der Waals surface area contributed by atoms with Crippen molar-refractivity contribution in [2.75, 3.05) is 25.1 Å². The minimum Gasteiger partial charge on any atom is -0.381 e. The van der Waals surface area contributed by atoms with E-state index >= 15 is 0 Å². The van der Waals surface area contributed by atoms with Gasteiger partial charge in [-0.15, -0.1) is 0 Å². The molecule has 0 spiro atoms. The van der Waals surface area contributed by atoms with Crippen LogP contribution in [0.2, 0.25) is 0 Å². The van der Waals surface area contributed by atoms with Crippen molar-refractivity contribution in [2.45, 2.75) is 26.2 Å². The number of hydrogen-bond donors (Lipinski definition) is 2. The van der Waals surface area contributed by atoms with E-state index in [0.29, 0.717) is 13.2 Å². The van der Waals surface area contributed by atoms with Gasteiger partial charge in [-0.1, -0.05) is 6.07 Å². The Bertz CT molecular complexity index is 461. The summed E-state index contributed by atoms with van der Waals surface area (Å²) < 4.78 is 18.9. The van der Waals surface area contributed by atoms with E-state index < -0.39 is 11.8 Å². The van der Waals surface area contributed by atoms with Crippen molar-refractivity contribution in [1.82, 2.24) is 5.32 Å². The summed E-state index contributed by atoms with van der Waals surface area (Å²) in [5.41, 5.74) is 1.10. The third-order valence-electron chi connectivity index (χ3n) is 3.17. The Morgan fingerprint density at radius 3 is 3.00 bits per heavy atom. The molecule has 110 valence electrons. The number of halogens is 1. The Hall–Kier alpha value is -1.62. The number of carbonyl (C=O) groups is 1. The van der Waals surface area contributed by atoms with E-state index in [4.69, 9.17) is 4.74 Å². The van der Waals surface area contributed by atoms with Crippen molar-refractivity contribution in [3.63, 3.8) is 0 Å². The maximum atomic E-state index is 13.4. The number of amides is 2. The topological polar surface area (TPSA) is 50.4 Å². The average molecular weight is 280 g/mol. The Kier molecular flexibility index (Phi) is 5.35. The Morgan fingerprint density at radius 2 is 2.25 bits per heavy atom. The summed E-state index contributed by atoms with van der Waals surface area (Å²) in [6.45, 7) is 3.85. The van der Waals surface area contributed by atoms with Gasteiger partial charge in [-0.25, -0.2) is 9.18 Å². The third-order valence-corrected chi connectivity index (χ3v) is 3.17. The number of ether oxygens (including phenoxy) is 1. The molecule has 1 aliphatic rings. The second-order valence-corrected chi connectivity index (χ2v) is 5.24. The van der Waals surface area contributed by atoms with Crippen LogP contribution in [-0.2, 0) is 4.74 Å². The summed E-state index contributed by atoms with van der Waals surface area (Å²) in [6, 6.07) is 4.22. The largest absolute Gasteiger partial charge is 0.381 e. The van der Waals surface area contributed by atoms with Gasteiger partial charge >= 0.3 is 6.03 Å². The molecule has 0 atom stereocenters. The van der Waals surface area contributed by atoms with E-state index in [-0.39, 0.29) is 5.69 Å². The van der Waals surface area contributed by atoms with E-state index in [1.54, 1.807) is 12.1 Å². The van der Waals surface area contributed by atoms with Gasteiger partial charge in [0.1, 0.15) is 5.82 Å². The molecule has 2 rings (SSSR count). The van der Waals surface area contributed by atoms with Gasteiger partial charge in [0.2, 0.25) is 0 Å². The quantitative estimate of drug-likeness (QED) is 0.754. The smallest absolute Gasteiger partial charge is 0.319 e. The van der Waals surface area contributed by atoms with Crippen LogP contribution in [-0.4, -0.2) is 25.8 Å². The van der Waals surface area contributed by atoms with E-state index in [1.807, 2.05) is 6.92 Å². The second kappa shape index (κ2) is 7.24. The number of benzene rings is 1. The summed E-state index contributed by atoms with van der Waals surface area (Å²) >= 11 is 0. The predicted octanol–water partition coefficient (Wildman–Crippen LogP) is 3.07. The van der Waals surface area contributed by atoms with Crippen LogP contribution < -0.4 is 10.6 Å². The molecule has 0 unspecified atom stereocenters. The molecule has 0 bridgehead atoms. The highest BCUT2D eigenvalue weighted by Gasteiger charge is 2.20. The minimum atomic E-state index is -0.432. The average Bonchev–Trinajstić information content (AvgIpc) is 3.22. The molecule has 4 nitrogen and oxygen atoms in total. The highest BCUT2D eigenvalue weighted by atomic mass is 19.1. The van der Waals surface area contributed by atoms with Crippen molar-refractivity contribution in [3.05, 3.63) is 29.6 Å². The van der Waals surface area contributed by atoms with Gasteiger partial charge in [-0.2, -0.15) is 0 Å². The molecule has 1 saturated carbocycles. The van der Waals surface area contributed by atoms with Crippen molar-refractivity contribution >= 4 is 11.7 Å². The lowest BCUT2D eigenvalue weighted by Crippen LogP contribution is -2.30. The number of urea groups is 1. The first-order chi connectivity index (χ1) is 9.65. The molecule has 0 heterocycles. The van der Waals surface area contributed by atoms with Crippen LogP contribution in [0.1, 0.15) is 24.8 Å². The van der Waals surface area contributed by atoms with Gasteiger partial charge < -0.3 is 15.4 Å². The SMILES string of the molecule is Cc1ccc(F)c(NC(=O)NCCCOCC2CC2)c1. The number of aryl methyl sites for hydroxylation is 1. The molecule has 20 heavy (non-hydrogen) atoms. The highest BCUT2D eigenvalue weighted by Crippen LogP contribution is 2.28. The van der Waals surface area contributed by atoms with Crippen LogP contribution in [0.25, 0.3) is 0 Å². The number of hydrogen-bond acceptors (Lipinski definition) is 2. The second-order valence-electron chi connectivity index (χ2n) is 5.24. The van der Waals surface area contributed by atoms with Crippen molar-refractivity contribution in [1.29, 1.82) is 0 Å². The summed E-state index contributed by atoms with van der Waals surface area (Å²) in [6.07, 6.45) is 3.32. The zero-order valence-corrected chi connectivity index (χ0v) is 11.7. The lowest BCUT2D eigenvalue weighted by molar-refractivity contribution is 0.122. The normalized spacial score (nSPS) is 14.1. The van der Waals surface area contributed by atoms with Gasteiger partial charge in [0.15, 0.2) is 0 Å². The summed E-state index contributed by atoms with van der Waals surface area (Å²) in [5, 5.41) is 5.19. The van der Waals surface area contributed by atoms with Crippen molar-refractivity contribution in [2.24, 2.45) is 5.92 Å². The highest BCUT2D eigenvalue weighted by molar-refractivity contribution is 5.89. The van der Waals surface area contributed by atoms with Gasteiger partial charge in [-0.05, 0) is 49.8 Å². The fraction of sp³-hybridized carbons (Fsp3) is 0.533. The van der Waals surface area contributed by atoms with Gasteiger partial charge in [0.05, 0.1) is 5.69 Å². The molecule has 0 aliphatic heterocycles. The van der Waals surface area contributed by atoms with E-state index in [9.17, 15) is 9.18 Å². The first-order valence-corrected chi connectivity index (χ1v) is 7.04. The number of nitrogens with one attached hydrogen (secondary N) is 2.